The van der Waals surface area contributed by atoms with Gasteiger partial charge in [-0.15, -0.1) is 0 Å². The van der Waals surface area contributed by atoms with Crippen LogP contribution in [-0.4, -0.2) is 16.5 Å². The van der Waals surface area contributed by atoms with Crippen LogP contribution in [0.3, 0.4) is 0 Å². The average Bonchev–Trinajstić information content (AvgIpc) is 2.26. The van der Waals surface area contributed by atoms with Crippen molar-refractivity contribution in [1.82, 2.24) is 5.32 Å². The van der Waals surface area contributed by atoms with Gasteiger partial charge in [0, 0.05) is 34.0 Å². The molecule has 1 N–H and O–H groups in total. The lowest BCUT2D eigenvalue weighted by molar-refractivity contribution is 0.230. The van der Waals surface area contributed by atoms with E-state index in [2.05, 4.69) is 31.3 Å². The average molecular weight is 265 g/mol. The summed E-state index contributed by atoms with van der Waals surface area (Å²) in [7, 11) is -0.881. The van der Waals surface area contributed by atoms with Crippen molar-refractivity contribution < 1.29 is 4.21 Å². The Labute approximate surface area is 113 Å². The first-order valence-electron chi connectivity index (χ1n) is 6.77. The van der Waals surface area contributed by atoms with Crippen molar-refractivity contribution in [3.8, 4) is 0 Å². The van der Waals surface area contributed by atoms with E-state index < -0.39 is 10.8 Å². The first-order chi connectivity index (χ1) is 8.58. The zero-order valence-electron chi connectivity index (χ0n) is 11.5. The Morgan fingerprint density at radius 1 is 1.22 bits per heavy atom. The van der Waals surface area contributed by atoms with Gasteiger partial charge in [0.1, 0.15) is 0 Å². The fraction of sp³-hybridized carbons (Fsp3) is 0.600. The van der Waals surface area contributed by atoms with Crippen LogP contribution in [0.1, 0.15) is 44.7 Å². The highest BCUT2D eigenvalue weighted by Gasteiger charge is 2.24. The number of nitrogens with one attached hydrogen (secondary N) is 1. The highest BCUT2D eigenvalue weighted by atomic mass is 32.2. The van der Waals surface area contributed by atoms with Crippen LogP contribution in [0.4, 0.5) is 0 Å². The summed E-state index contributed by atoms with van der Waals surface area (Å²) in [6, 6.07) is 9.06. The number of benzene rings is 1. The second-order valence-electron chi connectivity index (χ2n) is 5.39. The summed E-state index contributed by atoms with van der Waals surface area (Å²) in [4.78, 5) is 0.901. The molecule has 2 nitrogen and oxygen atoms in total. The van der Waals surface area contributed by atoms with Crippen LogP contribution in [-0.2, 0) is 10.8 Å². The Hall–Kier alpha value is -0.670. The Morgan fingerprint density at radius 2 is 1.83 bits per heavy atom. The molecular formula is C15H23NOS. The molecule has 100 valence electrons. The molecular weight excluding hydrogens is 242 g/mol. The third-order valence-corrected chi connectivity index (χ3v) is 5.02. The summed E-state index contributed by atoms with van der Waals surface area (Å²) in [5.74, 6) is 0.856. The van der Waals surface area contributed by atoms with E-state index in [0.29, 0.717) is 12.1 Å². The standard InChI is InChI=1S/C15H23NOS/c1-11(13-5-4-6-13)16-12(2)14-7-9-15(10-8-14)18(3)17/h7-13,16H,4-6H2,1-3H3/t11-,12+,18+/m1/s1. The molecule has 0 unspecified atom stereocenters. The first kappa shape index (κ1) is 13.8. The Bertz CT molecular complexity index is 411. The minimum Gasteiger partial charge on any atom is -0.307 e. The van der Waals surface area contributed by atoms with Crippen LogP contribution in [0.25, 0.3) is 0 Å². The lowest BCUT2D eigenvalue weighted by Crippen LogP contribution is -2.38. The summed E-state index contributed by atoms with van der Waals surface area (Å²) in [5.41, 5.74) is 1.27. The van der Waals surface area contributed by atoms with Crippen molar-refractivity contribution in [3.05, 3.63) is 29.8 Å². The second-order valence-corrected chi connectivity index (χ2v) is 6.77. The molecule has 1 aliphatic carbocycles. The van der Waals surface area contributed by atoms with Crippen molar-refractivity contribution in [2.75, 3.05) is 6.26 Å². The summed E-state index contributed by atoms with van der Waals surface area (Å²) in [6.07, 6.45) is 5.85. The number of hydrogen-bond donors (Lipinski definition) is 1. The third-order valence-electron chi connectivity index (χ3n) is 4.08. The van der Waals surface area contributed by atoms with Gasteiger partial charge in [-0.3, -0.25) is 4.21 Å². The predicted octanol–water partition coefficient (Wildman–Crippen LogP) is 3.26. The van der Waals surface area contributed by atoms with Crippen molar-refractivity contribution >= 4 is 10.8 Å². The van der Waals surface area contributed by atoms with Crippen molar-refractivity contribution in [2.24, 2.45) is 5.92 Å². The minimum atomic E-state index is -0.881. The van der Waals surface area contributed by atoms with Crippen molar-refractivity contribution in [3.63, 3.8) is 0 Å². The molecule has 1 aromatic carbocycles. The van der Waals surface area contributed by atoms with E-state index in [4.69, 9.17) is 0 Å². The minimum absolute atomic E-state index is 0.361. The maximum absolute atomic E-state index is 11.3. The van der Waals surface area contributed by atoms with Gasteiger partial charge in [-0.1, -0.05) is 18.6 Å². The molecule has 0 aliphatic heterocycles. The van der Waals surface area contributed by atoms with Crippen LogP contribution in [0.5, 0.6) is 0 Å². The van der Waals surface area contributed by atoms with Crippen LogP contribution < -0.4 is 5.32 Å². The molecule has 1 fully saturated rings. The molecule has 0 spiro atoms. The second kappa shape index (κ2) is 5.98. The van der Waals surface area contributed by atoms with Crippen LogP contribution in [0.15, 0.2) is 29.2 Å². The largest absolute Gasteiger partial charge is 0.307 e. The summed E-state index contributed by atoms with van der Waals surface area (Å²) in [5, 5.41) is 3.67. The van der Waals surface area contributed by atoms with Gasteiger partial charge in [-0.05, 0) is 50.3 Å². The molecule has 0 aromatic heterocycles. The third kappa shape index (κ3) is 3.21. The maximum Gasteiger partial charge on any atom is 0.0498 e. The lowest BCUT2D eigenvalue weighted by atomic mass is 9.80. The Morgan fingerprint density at radius 3 is 2.28 bits per heavy atom. The zero-order valence-corrected chi connectivity index (χ0v) is 12.3. The number of rotatable bonds is 5. The van der Waals surface area contributed by atoms with Gasteiger partial charge >= 0.3 is 0 Å². The van der Waals surface area contributed by atoms with E-state index in [1.165, 1.54) is 24.8 Å². The van der Waals surface area contributed by atoms with E-state index >= 15 is 0 Å². The Balaban J connectivity index is 1.95. The predicted molar refractivity (Wildman–Crippen MR) is 77.1 cm³/mol. The lowest BCUT2D eigenvalue weighted by Gasteiger charge is -2.34. The monoisotopic (exact) mass is 265 g/mol. The molecule has 3 heteroatoms. The maximum atomic E-state index is 11.3. The quantitative estimate of drug-likeness (QED) is 0.885. The fourth-order valence-corrected chi connectivity index (χ4v) is 3.03. The van der Waals surface area contributed by atoms with Crippen LogP contribution >= 0.6 is 0 Å². The first-order valence-corrected chi connectivity index (χ1v) is 8.33. The zero-order chi connectivity index (χ0) is 13.1. The molecule has 0 amide bonds. The molecule has 0 heterocycles. The molecule has 18 heavy (non-hydrogen) atoms. The van der Waals surface area contributed by atoms with E-state index in [0.717, 1.165) is 10.8 Å². The topological polar surface area (TPSA) is 29.1 Å². The molecule has 2 rings (SSSR count). The van der Waals surface area contributed by atoms with Crippen LogP contribution in [0.2, 0.25) is 0 Å². The molecule has 0 bridgehead atoms. The van der Waals surface area contributed by atoms with E-state index in [-0.39, 0.29) is 0 Å². The Kier molecular flexibility index (Phi) is 4.57. The van der Waals surface area contributed by atoms with E-state index in [9.17, 15) is 4.21 Å². The highest BCUT2D eigenvalue weighted by molar-refractivity contribution is 7.84. The van der Waals surface area contributed by atoms with Crippen LogP contribution in [0, 0.1) is 5.92 Å². The normalized spacial score (nSPS) is 21.1. The van der Waals surface area contributed by atoms with Crippen molar-refractivity contribution in [1.29, 1.82) is 0 Å². The summed E-state index contributed by atoms with van der Waals surface area (Å²) >= 11 is 0. The molecule has 3 atom stereocenters. The van der Waals surface area contributed by atoms with E-state index in [1.807, 2.05) is 12.1 Å². The molecule has 0 saturated heterocycles. The molecule has 0 radical (unpaired) electrons. The van der Waals surface area contributed by atoms with Gasteiger partial charge in [0.15, 0.2) is 0 Å². The van der Waals surface area contributed by atoms with Gasteiger partial charge in [-0.25, -0.2) is 0 Å². The fourth-order valence-electron chi connectivity index (χ4n) is 2.51. The number of hydrogen-bond acceptors (Lipinski definition) is 2. The van der Waals surface area contributed by atoms with E-state index in [1.54, 1.807) is 6.26 Å². The SMILES string of the molecule is C[C@H](N[C@H](C)C1CCC1)c1ccc([S@](C)=O)cc1. The highest BCUT2D eigenvalue weighted by Crippen LogP contribution is 2.30. The molecule has 1 aliphatic rings. The summed E-state index contributed by atoms with van der Waals surface area (Å²) < 4.78 is 11.3. The van der Waals surface area contributed by atoms with Gasteiger partial charge < -0.3 is 5.32 Å². The van der Waals surface area contributed by atoms with Gasteiger partial charge in [-0.2, -0.15) is 0 Å². The molecule has 1 saturated carbocycles. The van der Waals surface area contributed by atoms with Gasteiger partial charge in [0.2, 0.25) is 0 Å². The van der Waals surface area contributed by atoms with Gasteiger partial charge in [0.25, 0.3) is 0 Å². The smallest absolute Gasteiger partial charge is 0.0498 e. The summed E-state index contributed by atoms with van der Waals surface area (Å²) in [6.45, 7) is 4.49. The van der Waals surface area contributed by atoms with Crippen molar-refractivity contribution in [2.45, 2.75) is 50.1 Å². The molecule has 1 aromatic rings. The van der Waals surface area contributed by atoms with Gasteiger partial charge in [0.05, 0.1) is 0 Å².